The van der Waals surface area contributed by atoms with E-state index in [4.69, 9.17) is 4.74 Å². The first-order valence-corrected chi connectivity index (χ1v) is 6.25. The van der Waals surface area contributed by atoms with E-state index in [1.807, 2.05) is 51.1 Å². The molecule has 2 aromatic rings. The summed E-state index contributed by atoms with van der Waals surface area (Å²) in [7, 11) is 0. The normalized spacial score (nSPS) is 11.3. The summed E-state index contributed by atoms with van der Waals surface area (Å²) >= 11 is 0. The van der Waals surface area contributed by atoms with Crippen molar-refractivity contribution >= 4 is 6.09 Å². The van der Waals surface area contributed by atoms with Crippen LogP contribution < -0.4 is 0 Å². The largest absolute Gasteiger partial charge is 0.442 e. The van der Waals surface area contributed by atoms with Crippen LogP contribution in [0.15, 0.2) is 42.7 Å². The first-order chi connectivity index (χ1) is 8.94. The van der Waals surface area contributed by atoms with E-state index in [9.17, 15) is 4.79 Å². The summed E-state index contributed by atoms with van der Waals surface area (Å²) in [6, 6.07) is 10.1. The average Bonchev–Trinajstić information content (AvgIpc) is 2.77. The molecule has 0 radical (unpaired) electrons. The molecule has 2 rings (SSSR count). The second-order valence-corrected chi connectivity index (χ2v) is 5.44. The Labute approximate surface area is 113 Å². The summed E-state index contributed by atoms with van der Waals surface area (Å²) in [6.07, 6.45) is 3.70. The monoisotopic (exact) mass is 258 g/mol. The molecule has 0 bridgehead atoms. The predicted molar refractivity (Wildman–Crippen MR) is 73.1 cm³/mol. The smallest absolute Gasteiger partial charge is 0.435 e. The molecule has 0 N–H and O–H groups in total. The number of nitrogens with zero attached hydrogens (tertiary/aromatic N) is 2. The highest BCUT2D eigenvalue weighted by molar-refractivity contribution is 5.69. The van der Waals surface area contributed by atoms with Crippen molar-refractivity contribution in [3.8, 4) is 0 Å². The third kappa shape index (κ3) is 3.95. The lowest BCUT2D eigenvalue weighted by atomic mass is 10.1. The van der Waals surface area contributed by atoms with Gasteiger partial charge in [-0.15, -0.1) is 0 Å². The van der Waals surface area contributed by atoms with Crippen LogP contribution in [0.5, 0.6) is 0 Å². The zero-order valence-electron chi connectivity index (χ0n) is 11.5. The molecule has 0 saturated heterocycles. The maximum absolute atomic E-state index is 11.8. The number of hydrogen-bond acceptors (Lipinski definition) is 3. The number of benzene rings is 1. The number of carbonyl (C=O) groups excluding carboxylic acids is 1. The molecule has 0 atom stereocenters. The lowest BCUT2D eigenvalue weighted by Crippen LogP contribution is -2.27. The molecule has 0 saturated carbocycles. The van der Waals surface area contributed by atoms with E-state index in [0.29, 0.717) is 0 Å². The lowest BCUT2D eigenvalue weighted by Gasteiger charge is -2.18. The molecule has 0 amide bonds. The molecule has 0 aliphatic rings. The van der Waals surface area contributed by atoms with E-state index >= 15 is 0 Å². The Balaban J connectivity index is 2.05. The van der Waals surface area contributed by atoms with Gasteiger partial charge in [0.05, 0.1) is 6.20 Å². The van der Waals surface area contributed by atoms with Gasteiger partial charge in [0.2, 0.25) is 0 Å². The summed E-state index contributed by atoms with van der Waals surface area (Å²) in [5, 5.41) is 4.04. The van der Waals surface area contributed by atoms with Crippen molar-refractivity contribution in [1.29, 1.82) is 0 Å². The van der Waals surface area contributed by atoms with Gasteiger partial charge in [-0.1, -0.05) is 30.3 Å². The standard InChI is InChI=1S/C15H18N2O2/c1-15(2,3)19-14(18)17-11-13(10-16-17)9-12-7-5-4-6-8-12/h4-8,10-11H,9H2,1-3H3. The van der Waals surface area contributed by atoms with Crippen LogP contribution in [0.25, 0.3) is 0 Å². The van der Waals surface area contributed by atoms with Crippen molar-refractivity contribution in [3.05, 3.63) is 53.9 Å². The zero-order chi connectivity index (χ0) is 13.9. The van der Waals surface area contributed by atoms with E-state index in [-0.39, 0.29) is 0 Å². The van der Waals surface area contributed by atoms with Gasteiger partial charge < -0.3 is 4.74 Å². The number of hydrogen-bond donors (Lipinski definition) is 0. The van der Waals surface area contributed by atoms with Crippen LogP contribution in [0.4, 0.5) is 4.79 Å². The first-order valence-electron chi connectivity index (χ1n) is 6.25. The van der Waals surface area contributed by atoms with Gasteiger partial charge in [0, 0.05) is 12.6 Å². The second kappa shape index (κ2) is 5.26. The molecule has 0 unspecified atom stereocenters. The number of ether oxygens (including phenoxy) is 1. The molecule has 100 valence electrons. The van der Waals surface area contributed by atoms with Gasteiger partial charge in [-0.2, -0.15) is 9.78 Å². The summed E-state index contributed by atoms with van der Waals surface area (Å²) in [5.74, 6) is 0. The van der Waals surface area contributed by atoms with Gasteiger partial charge in [-0.25, -0.2) is 4.79 Å². The van der Waals surface area contributed by atoms with Crippen LogP contribution in [0.2, 0.25) is 0 Å². The molecule has 1 aromatic heterocycles. The van der Waals surface area contributed by atoms with Crippen molar-refractivity contribution in [2.75, 3.05) is 0 Å². The molecular weight excluding hydrogens is 240 g/mol. The van der Waals surface area contributed by atoms with E-state index in [0.717, 1.165) is 12.0 Å². The van der Waals surface area contributed by atoms with Crippen molar-refractivity contribution < 1.29 is 9.53 Å². The molecule has 1 heterocycles. The van der Waals surface area contributed by atoms with Gasteiger partial charge in [-0.05, 0) is 31.9 Å². The fourth-order valence-corrected chi connectivity index (χ4v) is 1.69. The molecule has 0 aliphatic heterocycles. The minimum Gasteiger partial charge on any atom is -0.442 e. The van der Waals surface area contributed by atoms with Crippen LogP contribution in [0.3, 0.4) is 0 Å². The van der Waals surface area contributed by atoms with Gasteiger partial charge in [-0.3, -0.25) is 0 Å². The SMILES string of the molecule is CC(C)(C)OC(=O)n1cc(Cc2ccccc2)cn1. The van der Waals surface area contributed by atoms with E-state index < -0.39 is 11.7 Å². The van der Waals surface area contributed by atoms with E-state index in [1.165, 1.54) is 10.2 Å². The number of carbonyl (C=O) groups is 1. The third-order valence-electron chi connectivity index (χ3n) is 2.47. The number of aromatic nitrogens is 2. The summed E-state index contributed by atoms with van der Waals surface area (Å²) < 4.78 is 6.49. The minimum atomic E-state index is -0.511. The van der Waals surface area contributed by atoms with Crippen molar-refractivity contribution in [2.45, 2.75) is 32.8 Å². The average molecular weight is 258 g/mol. The molecule has 19 heavy (non-hydrogen) atoms. The van der Waals surface area contributed by atoms with Crippen LogP contribution >= 0.6 is 0 Å². The molecular formula is C15H18N2O2. The second-order valence-electron chi connectivity index (χ2n) is 5.44. The molecule has 0 spiro atoms. The Hall–Kier alpha value is -2.10. The van der Waals surface area contributed by atoms with Gasteiger partial charge in [0.15, 0.2) is 0 Å². The van der Waals surface area contributed by atoms with Crippen LogP contribution in [0.1, 0.15) is 31.9 Å². The van der Waals surface area contributed by atoms with Crippen LogP contribution in [-0.4, -0.2) is 21.5 Å². The summed E-state index contributed by atoms with van der Waals surface area (Å²) in [5.41, 5.74) is 1.66. The predicted octanol–water partition coefficient (Wildman–Crippen LogP) is 3.26. The Morgan fingerprint density at radius 3 is 2.53 bits per heavy atom. The zero-order valence-corrected chi connectivity index (χ0v) is 11.5. The maximum atomic E-state index is 11.8. The fourth-order valence-electron chi connectivity index (χ4n) is 1.69. The highest BCUT2D eigenvalue weighted by atomic mass is 16.6. The van der Waals surface area contributed by atoms with Gasteiger partial charge >= 0.3 is 6.09 Å². The summed E-state index contributed by atoms with van der Waals surface area (Å²) in [6.45, 7) is 5.50. The van der Waals surface area contributed by atoms with Crippen molar-refractivity contribution in [2.24, 2.45) is 0 Å². The van der Waals surface area contributed by atoms with E-state index in [1.54, 1.807) is 12.4 Å². The fraction of sp³-hybridized carbons (Fsp3) is 0.333. The Morgan fingerprint density at radius 2 is 1.89 bits per heavy atom. The Kier molecular flexibility index (Phi) is 3.69. The molecule has 4 nitrogen and oxygen atoms in total. The molecule has 4 heteroatoms. The highest BCUT2D eigenvalue weighted by Crippen LogP contribution is 2.11. The van der Waals surface area contributed by atoms with Crippen molar-refractivity contribution in [1.82, 2.24) is 9.78 Å². The first kappa shape index (κ1) is 13.3. The summed E-state index contributed by atoms with van der Waals surface area (Å²) in [4.78, 5) is 11.8. The van der Waals surface area contributed by atoms with Crippen molar-refractivity contribution in [3.63, 3.8) is 0 Å². The Bertz CT molecular complexity index is 553. The minimum absolute atomic E-state index is 0.452. The maximum Gasteiger partial charge on any atom is 0.435 e. The van der Waals surface area contributed by atoms with Crippen LogP contribution in [0, 0.1) is 0 Å². The number of rotatable bonds is 2. The molecule has 0 fully saturated rings. The van der Waals surface area contributed by atoms with Gasteiger partial charge in [0.25, 0.3) is 0 Å². The highest BCUT2D eigenvalue weighted by Gasteiger charge is 2.18. The Morgan fingerprint density at radius 1 is 1.21 bits per heavy atom. The quantitative estimate of drug-likeness (QED) is 0.830. The van der Waals surface area contributed by atoms with Crippen LogP contribution in [-0.2, 0) is 11.2 Å². The molecule has 0 aliphatic carbocycles. The van der Waals surface area contributed by atoms with E-state index in [2.05, 4.69) is 5.10 Å². The van der Waals surface area contributed by atoms with Gasteiger partial charge in [0.1, 0.15) is 5.60 Å². The third-order valence-corrected chi connectivity index (χ3v) is 2.47. The topological polar surface area (TPSA) is 44.1 Å². The lowest BCUT2D eigenvalue weighted by molar-refractivity contribution is 0.0514. The molecule has 1 aromatic carbocycles.